The van der Waals surface area contributed by atoms with Gasteiger partial charge in [-0.05, 0) is 59.7 Å². The molecule has 3 nitrogen and oxygen atoms in total. The second-order valence-electron chi connectivity index (χ2n) is 6.49. The molecule has 1 aliphatic heterocycles. The number of aliphatic carboxylic acids is 1. The summed E-state index contributed by atoms with van der Waals surface area (Å²) < 4.78 is 44.7. The quantitative estimate of drug-likeness (QED) is 0.761. The molecule has 27 heavy (non-hydrogen) atoms. The molecule has 0 aromatic heterocycles. The van der Waals surface area contributed by atoms with Crippen molar-refractivity contribution in [2.24, 2.45) is 0 Å². The van der Waals surface area contributed by atoms with E-state index in [1.807, 2.05) is 12.1 Å². The van der Waals surface area contributed by atoms with Gasteiger partial charge in [-0.25, -0.2) is 9.18 Å². The fraction of sp³-hybridized carbons (Fsp3) is 0.350. The van der Waals surface area contributed by atoms with E-state index in [1.165, 1.54) is 28.8 Å². The van der Waals surface area contributed by atoms with Crippen LogP contribution in [0.15, 0.2) is 42.5 Å². The van der Waals surface area contributed by atoms with Gasteiger partial charge in [0.05, 0.1) is 0 Å². The molecule has 3 rings (SSSR count). The van der Waals surface area contributed by atoms with Gasteiger partial charge in [0.2, 0.25) is 0 Å². The van der Waals surface area contributed by atoms with E-state index in [0.717, 1.165) is 31.5 Å². The van der Waals surface area contributed by atoms with E-state index in [1.54, 1.807) is 0 Å². The molecule has 1 heterocycles. The molecule has 0 fully saturated rings. The van der Waals surface area contributed by atoms with Gasteiger partial charge in [-0.1, -0.05) is 37.3 Å². The van der Waals surface area contributed by atoms with Gasteiger partial charge in [0.25, 0.3) is 0 Å². The maximum atomic E-state index is 12.9. The zero-order valence-electron chi connectivity index (χ0n) is 14.8. The van der Waals surface area contributed by atoms with Crippen LogP contribution in [0.5, 0.6) is 0 Å². The van der Waals surface area contributed by atoms with Crippen molar-refractivity contribution in [3.8, 4) is 0 Å². The maximum absolute atomic E-state index is 12.9. The fourth-order valence-electron chi connectivity index (χ4n) is 2.93. The zero-order valence-corrected chi connectivity index (χ0v) is 14.8. The molecule has 1 atom stereocenters. The lowest BCUT2D eigenvalue weighted by Crippen LogP contribution is -2.21. The summed E-state index contributed by atoms with van der Waals surface area (Å²) in [5.41, 5.74) is 5.40. The summed E-state index contributed by atoms with van der Waals surface area (Å²) in [4.78, 5) is 8.90. The molecular formula is C20H21F4NO2. The second-order valence-corrected chi connectivity index (χ2v) is 6.49. The molecule has 0 spiro atoms. The standard InChI is InChI=1S/C18H20FN.C2HF3O2/c1-13-12-20-9-8-16-5-2-15(11-18(13)16)10-14-3-6-17(19)7-4-14;3-2(4,5)1(6)7/h2-7,11,13,20H,8-10,12H2,1H3;(H,6,7)/t13-;/m1./s1. The Labute approximate surface area is 155 Å². The molecular weight excluding hydrogens is 362 g/mol. The lowest BCUT2D eigenvalue weighted by molar-refractivity contribution is -0.192. The Morgan fingerprint density at radius 3 is 2.33 bits per heavy atom. The Bertz CT molecular complexity index is 773. The predicted octanol–water partition coefficient (Wildman–Crippen LogP) is 4.30. The van der Waals surface area contributed by atoms with Crippen LogP contribution in [0, 0.1) is 5.82 Å². The summed E-state index contributed by atoms with van der Waals surface area (Å²) in [6, 6.07) is 13.6. The molecule has 2 aromatic carbocycles. The van der Waals surface area contributed by atoms with Crippen molar-refractivity contribution in [2.75, 3.05) is 13.1 Å². The van der Waals surface area contributed by atoms with E-state index in [0.29, 0.717) is 5.92 Å². The van der Waals surface area contributed by atoms with Gasteiger partial charge in [0.15, 0.2) is 0 Å². The van der Waals surface area contributed by atoms with Gasteiger partial charge < -0.3 is 10.4 Å². The van der Waals surface area contributed by atoms with E-state index >= 15 is 0 Å². The average Bonchev–Trinajstić information content (AvgIpc) is 2.78. The Hall–Kier alpha value is -2.41. The summed E-state index contributed by atoms with van der Waals surface area (Å²) in [6.07, 6.45) is -3.11. The van der Waals surface area contributed by atoms with Crippen molar-refractivity contribution >= 4 is 5.97 Å². The highest BCUT2D eigenvalue weighted by molar-refractivity contribution is 5.73. The molecule has 7 heteroatoms. The van der Waals surface area contributed by atoms with Crippen LogP contribution in [0.3, 0.4) is 0 Å². The van der Waals surface area contributed by atoms with Crippen LogP contribution in [0.1, 0.15) is 35.1 Å². The molecule has 0 saturated carbocycles. The third kappa shape index (κ3) is 6.36. The lowest BCUT2D eigenvalue weighted by Gasteiger charge is -2.14. The first kappa shape index (κ1) is 20.9. The van der Waals surface area contributed by atoms with Crippen molar-refractivity contribution in [3.05, 3.63) is 70.5 Å². The van der Waals surface area contributed by atoms with Gasteiger partial charge in [-0.2, -0.15) is 13.2 Å². The number of alkyl halides is 3. The van der Waals surface area contributed by atoms with E-state index in [-0.39, 0.29) is 5.82 Å². The molecule has 1 aliphatic rings. The number of rotatable bonds is 2. The first-order chi connectivity index (χ1) is 12.7. The minimum atomic E-state index is -5.08. The monoisotopic (exact) mass is 383 g/mol. The third-order valence-electron chi connectivity index (χ3n) is 4.33. The number of halogens is 4. The maximum Gasteiger partial charge on any atom is 0.490 e. The first-order valence-corrected chi connectivity index (χ1v) is 8.54. The van der Waals surface area contributed by atoms with Crippen molar-refractivity contribution < 1.29 is 27.5 Å². The van der Waals surface area contributed by atoms with Gasteiger partial charge in [-0.15, -0.1) is 0 Å². The number of carboxylic acid groups (broad SMARTS) is 1. The summed E-state index contributed by atoms with van der Waals surface area (Å²) in [5, 5.41) is 10.6. The molecule has 0 aliphatic carbocycles. The molecule has 2 N–H and O–H groups in total. The number of nitrogens with one attached hydrogen (secondary N) is 1. The minimum Gasteiger partial charge on any atom is -0.475 e. The number of hydrogen-bond donors (Lipinski definition) is 2. The number of benzene rings is 2. The van der Waals surface area contributed by atoms with Gasteiger partial charge in [0, 0.05) is 6.54 Å². The average molecular weight is 383 g/mol. The number of carbonyl (C=O) groups is 1. The SMILES string of the molecule is C[C@@H]1CNCCc2ccc(Cc3ccc(F)cc3)cc21.O=C(O)C(F)(F)F. The highest BCUT2D eigenvalue weighted by Crippen LogP contribution is 2.24. The highest BCUT2D eigenvalue weighted by Gasteiger charge is 2.38. The van der Waals surface area contributed by atoms with Crippen molar-refractivity contribution in [2.45, 2.75) is 31.9 Å². The van der Waals surface area contributed by atoms with Crippen LogP contribution in [-0.2, 0) is 17.6 Å². The van der Waals surface area contributed by atoms with E-state index in [2.05, 4.69) is 30.4 Å². The van der Waals surface area contributed by atoms with Crippen LogP contribution in [0.4, 0.5) is 17.6 Å². The van der Waals surface area contributed by atoms with Gasteiger partial charge in [0.1, 0.15) is 5.82 Å². The van der Waals surface area contributed by atoms with E-state index < -0.39 is 12.1 Å². The first-order valence-electron chi connectivity index (χ1n) is 8.54. The number of fused-ring (bicyclic) bond motifs is 1. The molecule has 0 radical (unpaired) electrons. The summed E-state index contributed by atoms with van der Waals surface area (Å²) in [7, 11) is 0. The Kier molecular flexibility index (Phi) is 6.96. The van der Waals surface area contributed by atoms with Crippen molar-refractivity contribution in [1.29, 1.82) is 0 Å². The minimum absolute atomic E-state index is 0.171. The Morgan fingerprint density at radius 2 is 1.74 bits per heavy atom. The van der Waals surface area contributed by atoms with Crippen LogP contribution in [0.25, 0.3) is 0 Å². The van der Waals surface area contributed by atoms with Crippen LogP contribution in [-0.4, -0.2) is 30.3 Å². The molecule has 0 bridgehead atoms. The molecule has 0 saturated heterocycles. The summed E-state index contributed by atoms with van der Waals surface area (Å²) >= 11 is 0. The highest BCUT2D eigenvalue weighted by atomic mass is 19.4. The van der Waals surface area contributed by atoms with Crippen LogP contribution < -0.4 is 5.32 Å². The molecule has 0 unspecified atom stereocenters. The van der Waals surface area contributed by atoms with Gasteiger partial charge >= 0.3 is 12.1 Å². The third-order valence-corrected chi connectivity index (χ3v) is 4.33. The fourth-order valence-corrected chi connectivity index (χ4v) is 2.93. The predicted molar refractivity (Wildman–Crippen MR) is 94.3 cm³/mol. The molecule has 146 valence electrons. The molecule has 2 aromatic rings. The van der Waals surface area contributed by atoms with Gasteiger partial charge in [-0.3, -0.25) is 0 Å². The van der Waals surface area contributed by atoms with Crippen LogP contribution >= 0.6 is 0 Å². The second kappa shape index (κ2) is 8.99. The number of hydrogen-bond acceptors (Lipinski definition) is 2. The molecule has 0 amide bonds. The number of carboxylic acids is 1. The van der Waals surface area contributed by atoms with E-state index in [4.69, 9.17) is 9.90 Å². The summed E-state index contributed by atoms with van der Waals surface area (Å²) in [6.45, 7) is 4.39. The smallest absolute Gasteiger partial charge is 0.475 e. The summed E-state index contributed by atoms with van der Waals surface area (Å²) in [5.74, 6) is -2.37. The Morgan fingerprint density at radius 1 is 1.15 bits per heavy atom. The zero-order chi connectivity index (χ0) is 20.0. The van der Waals surface area contributed by atoms with E-state index in [9.17, 15) is 17.6 Å². The van der Waals surface area contributed by atoms with Crippen LogP contribution in [0.2, 0.25) is 0 Å². The van der Waals surface area contributed by atoms with Crippen molar-refractivity contribution in [1.82, 2.24) is 5.32 Å². The Balaban J connectivity index is 0.000000321. The normalized spacial score (nSPS) is 16.6. The van der Waals surface area contributed by atoms with Crippen molar-refractivity contribution in [3.63, 3.8) is 0 Å². The topological polar surface area (TPSA) is 49.3 Å². The lowest BCUT2D eigenvalue weighted by atomic mass is 9.92. The largest absolute Gasteiger partial charge is 0.490 e.